The predicted molar refractivity (Wildman–Crippen MR) is 111 cm³/mol. The van der Waals surface area contributed by atoms with E-state index in [4.69, 9.17) is 14.2 Å². The summed E-state index contributed by atoms with van der Waals surface area (Å²) in [6, 6.07) is 13.3. The minimum atomic E-state index is -0.0957. The molecule has 0 aromatic heterocycles. The lowest BCUT2D eigenvalue weighted by molar-refractivity contribution is 0.0937. The maximum absolute atomic E-state index is 12.5. The van der Waals surface area contributed by atoms with E-state index in [0.717, 1.165) is 29.0 Å². The summed E-state index contributed by atoms with van der Waals surface area (Å²) in [4.78, 5) is 12.5. The molecule has 0 aliphatic heterocycles. The Balaban J connectivity index is 1.94. The van der Waals surface area contributed by atoms with Crippen LogP contribution in [0.3, 0.4) is 0 Å². The van der Waals surface area contributed by atoms with Gasteiger partial charge in [-0.1, -0.05) is 26.0 Å². The highest BCUT2D eigenvalue weighted by molar-refractivity contribution is 5.94. The van der Waals surface area contributed by atoms with Gasteiger partial charge in [0.2, 0.25) is 0 Å². The van der Waals surface area contributed by atoms with E-state index in [1.807, 2.05) is 43.3 Å². The number of hydrogen-bond acceptors (Lipinski definition) is 4. The normalized spacial score (nSPS) is 10.8. The molecule has 1 N–H and O–H groups in total. The summed E-state index contributed by atoms with van der Waals surface area (Å²) in [5, 5.41) is 2.98. The standard InChI is InChI=1S/C23H31NO4/c1-5-28-22-11-8-19(14-20(22)16-27-15-17(2)3)23(25)24-13-12-18-6-9-21(26-4)10-7-18/h6-11,14,17H,5,12-13,15-16H2,1-4H3,(H,24,25). The molecule has 0 saturated carbocycles. The Morgan fingerprint density at radius 1 is 1.11 bits per heavy atom. The van der Waals surface area contributed by atoms with Crippen LogP contribution < -0.4 is 14.8 Å². The van der Waals surface area contributed by atoms with Crippen LogP contribution in [-0.2, 0) is 17.8 Å². The quantitative estimate of drug-likeness (QED) is 0.629. The fourth-order valence-electron chi connectivity index (χ4n) is 2.75. The number of benzene rings is 2. The molecular formula is C23H31NO4. The summed E-state index contributed by atoms with van der Waals surface area (Å²) in [7, 11) is 1.65. The van der Waals surface area contributed by atoms with Crippen LogP contribution in [0.5, 0.6) is 11.5 Å². The minimum absolute atomic E-state index is 0.0957. The van der Waals surface area contributed by atoms with Crippen LogP contribution in [0.2, 0.25) is 0 Å². The third kappa shape index (κ3) is 6.89. The first-order chi connectivity index (χ1) is 13.5. The zero-order valence-corrected chi connectivity index (χ0v) is 17.3. The number of carbonyl (C=O) groups is 1. The first-order valence-corrected chi connectivity index (χ1v) is 9.78. The third-order valence-electron chi connectivity index (χ3n) is 4.19. The van der Waals surface area contributed by atoms with Gasteiger partial charge in [-0.3, -0.25) is 4.79 Å². The van der Waals surface area contributed by atoms with Gasteiger partial charge in [0.1, 0.15) is 11.5 Å². The molecule has 0 heterocycles. The van der Waals surface area contributed by atoms with E-state index < -0.39 is 0 Å². The monoisotopic (exact) mass is 385 g/mol. The Morgan fingerprint density at radius 2 is 1.86 bits per heavy atom. The van der Waals surface area contributed by atoms with Crippen molar-refractivity contribution in [2.45, 2.75) is 33.8 Å². The van der Waals surface area contributed by atoms with Crippen molar-refractivity contribution in [3.63, 3.8) is 0 Å². The highest BCUT2D eigenvalue weighted by Gasteiger charge is 2.11. The van der Waals surface area contributed by atoms with Crippen LogP contribution in [0.15, 0.2) is 42.5 Å². The van der Waals surface area contributed by atoms with Crippen molar-refractivity contribution < 1.29 is 19.0 Å². The van der Waals surface area contributed by atoms with Crippen molar-refractivity contribution in [3.8, 4) is 11.5 Å². The molecule has 0 radical (unpaired) electrons. The number of carbonyl (C=O) groups excluding carboxylic acids is 1. The number of hydrogen-bond donors (Lipinski definition) is 1. The molecule has 2 aromatic carbocycles. The smallest absolute Gasteiger partial charge is 0.251 e. The highest BCUT2D eigenvalue weighted by Crippen LogP contribution is 2.22. The van der Waals surface area contributed by atoms with E-state index in [1.165, 1.54) is 0 Å². The van der Waals surface area contributed by atoms with E-state index in [1.54, 1.807) is 13.2 Å². The van der Waals surface area contributed by atoms with Gasteiger partial charge in [0, 0.05) is 24.3 Å². The zero-order valence-electron chi connectivity index (χ0n) is 17.3. The number of rotatable bonds is 11. The molecule has 0 aliphatic rings. The average molecular weight is 386 g/mol. The number of nitrogens with one attached hydrogen (secondary N) is 1. The maximum atomic E-state index is 12.5. The molecule has 5 nitrogen and oxygen atoms in total. The maximum Gasteiger partial charge on any atom is 0.251 e. The molecule has 152 valence electrons. The van der Waals surface area contributed by atoms with Crippen molar-refractivity contribution in [3.05, 3.63) is 59.2 Å². The van der Waals surface area contributed by atoms with Crippen LogP contribution in [-0.4, -0.2) is 32.8 Å². The van der Waals surface area contributed by atoms with Crippen molar-refractivity contribution in [2.24, 2.45) is 5.92 Å². The van der Waals surface area contributed by atoms with Gasteiger partial charge in [-0.05, 0) is 55.2 Å². The Hall–Kier alpha value is -2.53. The first kappa shape index (κ1) is 21.8. The molecule has 5 heteroatoms. The lowest BCUT2D eigenvalue weighted by atomic mass is 10.1. The summed E-state index contributed by atoms with van der Waals surface area (Å²) in [5.74, 6) is 1.96. The highest BCUT2D eigenvalue weighted by atomic mass is 16.5. The zero-order chi connectivity index (χ0) is 20.4. The molecule has 0 unspecified atom stereocenters. The van der Waals surface area contributed by atoms with E-state index in [2.05, 4.69) is 19.2 Å². The molecular weight excluding hydrogens is 354 g/mol. The molecule has 0 spiro atoms. The second kappa shape index (κ2) is 11.3. The Kier molecular flexibility index (Phi) is 8.82. The minimum Gasteiger partial charge on any atom is -0.497 e. The van der Waals surface area contributed by atoms with Crippen LogP contribution in [0.25, 0.3) is 0 Å². The summed E-state index contributed by atoms with van der Waals surface area (Å²) >= 11 is 0. The summed E-state index contributed by atoms with van der Waals surface area (Å²) < 4.78 is 16.6. The number of methoxy groups -OCH3 is 1. The first-order valence-electron chi connectivity index (χ1n) is 9.78. The molecule has 2 rings (SSSR count). The third-order valence-corrected chi connectivity index (χ3v) is 4.19. The van der Waals surface area contributed by atoms with Gasteiger partial charge in [-0.25, -0.2) is 0 Å². The molecule has 0 atom stereocenters. The lowest BCUT2D eigenvalue weighted by Gasteiger charge is -2.14. The van der Waals surface area contributed by atoms with Crippen molar-refractivity contribution in [1.29, 1.82) is 0 Å². The number of ether oxygens (including phenoxy) is 3. The summed E-state index contributed by atoms with van der Waals surface area (Å²) in [6.45, 7) is 8.40. The largest absolute Gasteiger partial charge is 0.497 e. The Morgan fingerprint density at radius 3 is 2.50 bits per heavy atom. The fourth-order valence-corrected chi connectivity index (χ4v) is 2.75. The van der Waals surface area contributed by atoms with Gasteiger partial charge in [-0.2, -0.15) is 0 Å². The second-order valence-electron chi connectivity index (χ2n) is 7.02. The Bertz CT molecular complexity index is 741. The second-order valence-corrected chi connectivity index (χ2v) is 7.02. The topological polar surface area (TPSA) is 56.8 Å². The Labute approximate surface area is 168 Å². The summed E-state index contributed by atoms with van der Waals surface area (Å²) in [6.07, 6.45) is 0.761. The van der Waals surface area contributed by atoms with Crippen LogP contribution in [0.4, 0.5) is 0 Å². The van der Waals surface area contributed by atoms with E-state index in [0.29, 0.717) is 37.8 Å². The number of amides is 1. The molecule has 2 aromatic rings. The molecule has 0 bridgehead atoms. The van der Waals surface area contributed by atoms with Crippen LogP contribution >= 0.6 is 0 Å². The summed E-state index contributed by atoms with van der Waals surface area (Å²) in [5.41, 5.74) is 2.65. The van der Waals surface area contributed by atoms with Gasteiger partial charge in [0.15, 0.2) is 0 Å². The SMILES string of the molecule is CCOc1ccc(C(=O)NCCc2ccc(OC)cc2)cc1COCC(C)C. The molecule has 1 amide bonds. The van der Waals surface area contributed by atoms with Crippen molar-refractivity contribution in [1.82, 2.24) is 5.32 Å². The molecule has 0 aliphatic carbocycles. The van der Waals surface area contributed by atoms with Crippen molar-refractivity contribution in [2.75, 3.05) is 26.9 Å². The van der Waals surface area contributed by atoms with E-state index >= 15 is 0 Å². The van der Waals surface area contributed by atoms with Crippen molar-refractivity contribution >= 4 is 5.91 Å². The van der Waals surface area contributed by atoms with Crippen LogP contribution in [0, 0.1) is 5.92 Å². The van der Waals surface area contributed by atoms with Gasteiger partial charge < -0.3 is 19.5 Å². The van der Waals surface area contributed by atoms with E-state index in [9.17, 15) is 4.79 Å². The molecule has 28 heavy (non-hydrogen) atoms. The molecule has 0 saturated heterocycles. The molecule has 0 fully saturated rings. The average Bonchev–Trinajstić information content (AvgIpc) is 2.69. The van der Waals surface area contributed by atoms with Gasteiger partial charge in [-0.15, -0.1) is 0 Å². The van der Waals surface area contributed by atoms with Gasteiger partial charge in [0.25, 0.3) is 5.91 Å². The van der Waals surface area contributed by atoms with Gasteiger partial charge >= 0.3 is 0 Å². The van der Waals surface area contributed by atoms with Crippen LogP contribution in [0.1, 0.15) is 42.3 Å². The predicted octanol–water partition coefficient (Wildman–Crippen LogP) is 4.24. The van der Waals surface area contributed by atoms with Gasteiger partial charge in [0.05, 0.1) is 20.3 Å². The fraction of sp³-hybridized carbons (Fsp3) is 0.435. The lowest BCUT2D eigenvalue weighted by Crippen LogP contribution is -2.25. The van der Waals surface area contributed by atoms with E-state index in [-0.39, 0.29) is 5.91 Å².